The van der Waals surface area contributed by atoms with Gasteiger partial charge in [-0.3, -0.25) is 9.59 Å². The highest BCUT2D eigenvalue weighted by atomic mass is 35.5. The highest BCUT2D eigenvalue weighted by Crippen LogP contribution is 2.27. The summed E-state index contributed by atoms with van der Waals surface area (Å²) in [5, 5.41) is 2.97. The molecule has 26 heavy (non-hydrogen) atoms. The van der Waals surface area contributed by atoms with Crippen molar-refractivity contribution >= 4 is 35.1 Å². The average molecular weight is 398 g/mol. The molecule has 0 bridgehead atoms. The fourth-order valence-corrected chi connectivity index (χ4v) is 2.94. The Bertz CT molecular complexity index is 791. The molecule has 0 saturated heterocycles. The molecule has 2 rings (SSSR count). The first-order chi connectivity index (χ1) is 12.3. The quantitative estimate of drug-likeness (QED) is 0.701. The van der Waals surface area contributed by atoms with Crippen LogP contribution in [0, 0.1) is 5.82 Å². The number of halogens is 3. The molecule has 2 aromatic carbocycles. The zero-order chi connectivity index (χ0) is 19.3. The van der Waals surface area contributed by atoms with Gasteiger partial charge in [-0.15, -0.1) is 0 Å². The van der Waals surface area contributed by atoms with Crippen LogP contribution < -0.4 is 5.32 Å². The maximum Gasteiger partial charge on any atom is 0.308 e. The first-order valence-electron chi connectivity index (χ1n) is 7.98. The minimum atomic E-state index is -0.793. The molecule has 0 aliphatic rings. The Hall–Kier alpha value is -2.11. The van der Waals surface area contributed by atoms with Crippen LogP contribution in [0.4, 0.5) is 4.39 Å². The molecule has 1 amide bonds. The number of hydrogen-bond donors (Lipinski definition) is 1. The van der Waals surface area contributed by atoms with Gasteiger partial charge in [-0.1, -0.05) is 47.5 Å². The molecule has 0 radical (unpaired) electrons. The van der Waals surface area contributed by atoms with Crippen LogP contribution in [0.25, 0.3) is 0 Å². The number of benzene rings is 2. The van der Waals surface area contributed by atoms with E-state index in [0.717, 1.165) is 6.07 Å². The highest BCUT2D eigenvalue weighted by Gasteiger charge is 2.25. The summed E-state index contributed by atoms with van der Waals surface area (Å²) in [6, 6.07) is 9.93. The summed E-state index contributed by atoms with van der Waals surface area (Å²) in [4.78, 5) is 24.6. The van der Waals surface area contributed by atoms with Crippen molar-refractivity contribution in [2.45, 2.75) is 32.4 Å². The zero-order valence-corrected chi connectivity index (χ0v) is 15.8. The monoisotopic (exact) mass is 397 g/mol. The van der Waals surface area contributed by atoms with Crippen molar-refractivity contribution in [3.63, 3.8) is 0 Å². The number of nitrogens with one attached hydrogen (secondary N) is 1. The molecule has 0 saturated carbocycles. The van der Waals surface area contributed by atoms with Gasteiger partial charge in [0.25, 0.3) is 5.91 Å². The zero-order valence-electron chi connectivity index (χ0n) is 14.3. The molecule has 1 atom stereocenters. The Balaban J connectivity index is 2.31. The molecule has 0 fully saturated rings. The Morgan fingerprint density at radius 1 is 1.08 bits per heavy atom. The lowest BCUT2D eigenvalue weighted by atomic mass is 10.0. The van der Waals surface area contributed by atoms with E-state index in [0.29, 0.717) is 10.6 Å². The van der Waals surface area contributed by atoms with E-state index in [9.17, 15) is 14.0 Å². The Kier molecular flexibility index (Phi) is 7.00. The molecule has 0 spiro atoms. The Morgan fingerprint density at radius 3 is 2.35 bits per heavy atom. The summed E-state index contributed by atoms with van der Waals surface area (Å²) in [6.45, 7) is 3.44. The molecule has 0 heterocycles. The first-order valence-corrected chi connectivity index (χ1v) is 8.74. The summed E-state index contributed by atoms with van der Waals surface area (Å²) in [5.41, 5.74) is 0.235. The van der Waals surface area contributed by atoms with Gasteiger partial charge >= 0.3 is 5.97 Å². The molecule has 1 N–H and O–H groups in total. The number of amides is 1. The number of carbonyl (C=O) groups is 2. The van der Waals surface area contributed by atoms with Gasteiger partial charge in [0.05, 0.1) is 29.2 Å². The van der Waals surface area contributed by atoms with Gasteiger partial charge < -0.3 is 10.1 Å². The van der Waals surface area contributed by atoms with Gasteiger partial charge in [0.15, 0.2) is 0 Å². The topological polar surface area (TPSA) is 55.4 Å². The van der Waals surface area contributed by atoms with Crippen LogP contribution in [0.5, 0.6) is 0 Å². The fourth-order valence-electron chi connectivity index (χ4n) is 2.42. The number of esters is 1. The molecule has 7 heteroatoms. The van der Waals surface area contributed by atoms with Crippen molar-refractivity contribution < 1.29 is 18.7 Å². The van der Waals surface area contributed by atoms with Gasteiger partial charge in [-0.2, -0.15) is 0 Å². The van der Waals surface area contributed by atoms with Crippen LogP contribution >= 0.6 is 23.2 Å². The van der Waals surface area contributed by atoms with Crippen molar-refractivity contribution in [2.24, 2.45) is 0 Å². The van der Waals surface area contributed by atoms with Crippen LogP contribution in [-0.2, 0) is 9.53 Å². The smallest absolute Gasteiger partial charge is 0.308 e. The van der Waals surface area contributed by atoms with Crippen LogP contribution in [-0.4, -0.2) is 18.0 Å². The van der Waals surface area contributed by atoms with Gasteiger partial charge in [0.2, 0.25) is 0 Å². The fraction of sp³-hybridized carbons (Fsp3) is 0.263. The summed E-state index contributed by atoms with van der Waals surface area (Å²) in [5.74, 6) is -2.00. The highest BCUT2D eigenvalue weighted by molar-refractivity contribution is 6.34. The summed E-state index contributed by atoms with van der Waals surface area (Å²) < 4.78 is 19.1. The summed E-state index contributed by atoms with van der Waals surface area (Å²) >= 11 is 12.1. The molecular formula is C19H18Cl2FNO3. The molecule has 0 aromatic heterocycles. The van der Waals surface area contributed by atoms with Crippen molar-refractivity contribution in [2.75, 3.05) is 0 Å². The van der Waals surface area contributed by atoms with E-state index in [-0.39, 0.29) is 23.1 Å². The second-order valence-electron chi connectivity index (χ2n) is 5.89. The Morgan fingerprint density at radius 2 is 1.73 bits per heavy atom. The number of hydrogen-bond acceptors (Lipinski definition) is 3. The van der Waals surface area contributed by atoms with E-state index in [1.807, 2.05) is 0 Å². The molecular weight excluding hydrogens is 380 g/mol. The second kappa shape index (κ2) is 9.01. The van der Waals surface area contributed by atoms with Gasteiger partial charge in [-0.05, 0) is 37.6 Å². The molecule has 2 aromatic rings. The maximum atomic E-state index is 14.0. The largest absolute Gasteiger partial charge is 0.463 e. The van der Waals surface area contributed by atoms with E-state index < -0.39 is 23.7 Å². The van der Waals surface area contributed by atoms with Crippen LogP contribution in [0.3, 0.4) is 0 Å². The standard InChI is InChI=1S/C19H18Cl2FNO3/c1-11(2)26-17(24)10-16(12-6-3-4-7-13(12)20)23-19(25)18-14(21)8-5-9-15(18)22/h3-9,11,16H,10H2,1-2H3,(H,23,25)/t16-/m0/s1. The third-order valence-corrected chi connectivity index (χ3v) is 4.17. The van der Waals surface area contributed by atoms with E-state index in [1.54, 1.807) is 38.1 Å². The average Bonchev–Trinajstić information content (AvgIpc) is 2.53. The molecule has 138 valence electrons. The maximum absolute atomic E-state index is 14.0. The van der Waals surface area contributed by atoms with Crippen LogP contribution in [0.2, 0.25) is 10.0 Å². The second-order valence-corrected chi connectivity index (χ2v) is 6.70. The van der Waals surface area contributed by atoms with E-state index in [4.69, 9.17) is 27.9 Å². The predicted octanol–water partition coefficient (Wildman–Crippen LogP) is 4.95. The summed E-state index contributed by atoms with van der Waals surface area (Å²) in [7, 11) is 0. The number of carbonyl (C=O) groups excluding carboxylic acids is 2. The van der Waals surface area contributed by atoms with Gasteiger partial charge in [-0.25, -0.2) is 4.39 Å². The minimum absolute atomic E-state index is 0.0230. The third-order valence-electron chi connectivity index (χ3n) is 3.51. The van der Waals surface area contributed by atoms with E-state index >= 15 is 0 Å². The van der Waals surface area contributed by atoms with Crippen molar-refractivity contribution in [1.29, 1.82) is 0 Å². The van der Waals surface area contributed by atoms with Crippen LogP contribution in [0.15, 0.2) is 42.5 Å². The SMILES string of the molecule is CC(C)OC(=O)C[C@H](NC(=O)c1c(F)cccc1Cl)c1ccccc1Cl. The van der Waals surface area contributed by atoms with Crippen molar-refractivity contribution in [3.05, 3.63) is 69.5 Å². The van der Waals surface area contributed by atoms with Crippen LogP contribution in [0.1, 0.15) is 42.2 Å². The molecule has 4 nitrogen and oxygen atoms in total. The van der Waals surface area contributed by atoms with Crippen molar-refractivity contribution in [3.8, 4) is 0 Å². The van der Waals surface area contributed by atoms with Gasteiger partial charge in [0.1, 0.15) is 5.82 Å². The lowest BCUT2D eigenvalue weighted by molar-refractivity contribution is -0.147. The summed E-state index contributed by atoms with van der Waals surface area (Å²) in [6.07, 6.45) is -0.453. The normalized spacial score (nSPS) is 11.9. The lowest BCUT2D eigenvalue weighted by Gasteiger charge is -2.21. The number of ether oxygens (including phenoxy) is 1. The van der Waals surface area contributed by atoms with E-state index in [2.05, 4.69) is 5.32 Å². The molecule has 0 aliphatic carbocycles. The van der Waals surface area contributed by atoms with E-state index in [1.165, 1.54) is 12.1 Å². The first kappa shape index (κ1) is 20.2. The Labute approximate surface area is 161 Å². The van der Waals surface area contributed by atoms with Crippen molar-refractivity contribution in [1.82, 2.24) is 5.32 Å². The molecule has 0 aliphatic heterocycles. The molecule has 0 unspecified atom stereocenters. The van der Waals surface area contributed by atoms with Gasteiger partial charge in [0, 0.05) is 5.02 Å². The lowest BCUT2D eigenvalue weighted by Crippen LogP contribution is -2.32. The number of rotatable bonds is 6. The minimum Gasteiger partial charge on any atom is -0.463 e. The predicted molar refractivity (Wildman–Crippen MR) is 98.9 cm³/mol. The third kappa shape index (κ3) is 5.19.